The number of carbonyl (C=O) groups is 2. The number of nitrogens with one attached hydrogen (secondary N) is 3. The Kier molecular flexibility index (Phi) is 5.39. The van der Waals surface area contributed by atoms with Gasteiger partial charge in [-0.3, -0.25) is 4.79 Å². The van der Waals surface area contributed by atoms with Gasteiger partial charge in [0, 0.05) is 17.3 Å². The first kappa shape index (κ1) is 18.8. The number of halogens is 2. The van der Waals surface area contributed by atoms with Crippen LogP contribution in [0.4, 0.5) is 19.3 Å². The van der Waals surface area contributed by atoms with Gasteiger partial charge in [0.05, 0.1) is 6.04 Å². The van der Waals surface area contributed by atoms with Crippen LogP contribution in [-0.2, 0) is 0 Å². The second-order valence-corrected chi connectivity index (χ2v) is 6.77. The molecule has 3 amide bonds. The highest BCUT2D eigenvalue weighted by atomic mass is 19.2. The molecule has 1 aliphatic rings. The molecular formula is C20H21F2N3O2. The summed E-state index contributed by atoms with van der Waals surface area (Å²) >= 11 is 0. The fourth-order valence-electron chi connectivity index (χ4n) is 2.61. The Balaban J connectivity index is 1.65. The van der Waals surface area contributed by atoms with Gasteiger partial charge in [-0.1, -0.05) is 12.1 Å². The second-order valence-electron chi connectivity index (χ2n) is 6.77. The van der Waals surface area contributed by atoms with Crippen LogP contribution in [0.3, 0.4) is 0 Å². The Labute approximate surface area is 156 Å². The van der Waals surface area contributed by atoms with Crippen LogP contribution < -0.4 is 16.0 Å². The zero-order valence-corrected chi connectivity index (χ0v) is 15.1. The van der Waals surface area contributed by atoms with Crippen LogP contribution in [0.25, 0.3) is 0 Å². The maximum absolute atomic E-state index is 13.4. The molecule has 0 heterocycles. The summed E-state index contributed by atoms with van der Waals surface area (Å²) in [7, 11) is 0. The van der Waals surface area contributed by atoms with E-state index in [4.69, 9.17) is 0 Å². The molecule has 0 aliphatic heterocycles. The SMILES string of the molecule is Cc1ccc(C(=O)NC2CC2)cc1NC(=O)NC(C)c1ccc(F)c(F)c1. The summed E-state index contributed by atoms with van der Waals surface area (Å²) in [6, 6.07) is 7.79. The molecule has 0 aromatic heterocycles. The van der Waals surface area contributed by atoms with Crippen LogP contribution in [0, 0.1) is 18.6 Å². The third-order valence-corrected chi connectivity index (χ3v) is 4.45. The van der Waals surface area contributed by atoms with E-state index in [-0.39, 0.29) is 11.9 Å². The van der Waals surface area contributed by atoms with Gasteiger partial charge in [0.1, 0.15) is 0 Å². The number of anilines is 1. The zero-order valence-electron chi connectivity index (χ0n) is 15.1. The van der Waals surface area contributed by atoms with Gasteiger partial charge in [-0.25, -0.2) is 13.6 Å². The molecule has 142 valence electrons. The molecule has 1 unspecified atom stereocenters. The lowest BCUT2D eigenvalue weighted by Crippen LogP contribution is -2.31. The number of carbonyl (C=O) groups excluding carboxylic acids is 2. The van der Waals surface area contributed by atoms with E-state index in [0.717, 1.165) is 30.5 Å². The Bertz CT molecular complexity index is 882. The molecule has 1 aliphatic carbocycles. The van der Waals surface area contributed by atoms with Crippen molar-refractivity contribution in [2.45, 2.75) is 38.8 Å². The van der Waals surface area contributed by atoms with E-state index in [1.807, 2.05) is 6.92 Å². The van der Waals surface area contributed by atoms with Crippen molar-refractivity contribution in [3.8, 4) is 0 Å². The van der Waals surface area contributed by atoms with Crippen LogP contribution in [0.15, 0.2) is 36.4 Å². The number of benzene rings is 2. The fourth-order valence-corrected chi connectivity index (χ4v) is 2.61. The third kappa shape index (κ3) is 4.81. The lowest BCUT2D eigenvalue weighted by Gasteiger charge is -2.16. The summed E-state index contributed by atoms with van der Waals surface area (Å²) in [6.45, 7) is 3.48. The molecule has 5 nitrogen and oxygen atoms in total. The van der Waals surface area contributed by atoms with Gasteiger partial charge in [0.15, 0.2) is 11.6 Å². The highest BCUT2D eigenvalue weighted by molar-refractivity contribution is 5.97. The van der Waals surface area contributed by atoms with Crippen molar-refractivity contribution in [3.63, 3.8) is 0 Å². The normalized spacial score (nSPS) is 14.4. The van der Waals surface area contributed by atoms with Gasteiger partial charge in [-0.05, 0) is 62.1 Å². The van der Waals surface area contributed by atoms with Crippen molar-refractivity contribution in [2.24, 2.45) is 0 Å². The van der Waals surface area contributed by atoms with E-state index < -0.39 is 23.7 Å². The molecule has 1 fully saturated rings. The summed E-state index contributed by atoms with van der Waals surface area (Å²) in [5.74, 6) is -2.07. The van der Waals surface area contributed by atoms with E-state index in [0.29, 0.717) is 16.8 Å². The van der Waals surface area contributed by atoms with E-state index in [1.165, 1.54) is 6.07 Å². The minimum atomic E-state index is -0.966. The average Bonchev–Trinajstić information content (AvgIpc) is 3.43. The van der Waals surface area contributed by atoms with Crippen molar-refractivity contribution in [1.29, 1.82) is 0 Å². The number of rotatable bonds is 5. The number of amides is 3. The Hall–Kier alpha value is -2.96. The lowest BCUT2D eigenvalue weighted by atomic mass is 10.1. The molecule has 27 heavy (non-hydrogen) atoms. The molecule has 7 heteroatoms. The molecule has 1 atom stereocenters. The van der Waals surface area contributed by atoms with Crippen molar-refractivity contribution < 1.29 is 18.4 Å². The number of hydrogen-bond donors (Lipinski definition) is 3. The topological polar surface area (TPSA) is 70.2 Å². The van der Waals surface area contributed by atoms with Gasteiger partial charge < -0.3 is 16.0 Å². The van der Waals surface area contributed by atoms with Gasteiger partial charge in [0.2, 0.25) is 0 Å². The second kappa shape index (κ2) is 7.73. The van der Waals surface area contributed by atoms with Crippen molar-refractivity contribution in [2.75, 3.05) is 5.32 Å². The van der Waals surface area contributed by atoms with Crippen LogP contribution in [-0.4, -0.2) is 18.0 Å². The van der Waals surface area contributed by atoms with E-state index in [2.05, 4.69) is 16.0 Å². The summed E-state index contributed by atoms with van der Waals surface area (Å²) in [5.41, 5.74) is 2.22. The predicted octanol–water partition coefficient (Wildman–Crippen LogP) is 4.05. The molecule has 0 spiro atoms. The highest BCUT2D eigenvalue weighted by Crippen LogP contribution is 2.22. The summed E-state index contributed by atoms with van der Waals surface area (Å²) in [5, 5.41) is 8.27. The maximum Gasteiger partial charge on any atom is 0.319 e. The Morgan fingerprint density at radius 3 is 2.48 bits per heavy atom. The minimum Gasteiger partial charge on any atom is -0.349 e. The Morgan fingerprint density at radius 1 is 1.07 bits per heavy atom. The monoisotopic (exact) mass is 373 g/mol. The summed E-state index contributed by atoms with van der Waals surface area (Å²) < 4.78 is 26.4. The largest absolute Gasteiger partial charge is 0.349 e. The zero-order chi connectivity index (χ0) is 19.6. The van der Waals surface area contributed by atoms with Gasteiger partial charge >= 0.3 is 6.03 Å². The first-order valence-electron chi connectivity index (χ1n) is 8.77. The van der Waals surface area contributed by atoms with Crippen molar-refractivity contribution in [3.05, 3.63) is 64.7 Å². The lowest BCUT2D eigenvalue weighted by molar-refractivity contribution is 0.0951. The molecule has 0 radical (unpaired) electrons. The average molecular weight is 373 g/mol. The maximum atomic E-state index is 13.4. The Morgan fingerprint density at radius 2 is 1.81 bits per heavy atom. The number of aryl methyl sites for hydroxylation is 1. The quantitative estimate of drug-likeness (QED) is 0.740. The van der Waals surface area contributed by atoms with Crippen molar-refractivity contribution in [1.82, 2.24) is 10.6 Å². The van der Waals surface area contributed by atoms with Crippen LogP contribution in [0.1, 0.15) is 47.3 Å². The molecule has 0 bridgehead atoms. The smallest absolute Gasteiger partial charge is 0.319 e. The number of urea groups is 1. The molecule has 3 N–H and O–H groups in total. The van der Waals surface area contributed by atoms with E-state index >= 15 is 0 Å². The first-order chi connectivity index (χ1) is 12.8. The van der Waals surface area contributed by atoms with Crippen LogP contribution in [0.5, 0.6) is 0 Å². The van der Waals surface area contributed by atoms with E-state index in [1.54, 1.807) is 25.1 Å². The number of hydrogen-bond acceptors (Lipinski definition) is 2. The van der Waals surface area contributed by atoms with Crippen LogP contribution in [0.2, 0.25) is 0 Å². The van der Waals surface area contributed by atoms with Crippen molar-refractivity contribution >= 4 is 17.6 Å². The van der Waals surface area contributed by atoms with Crippen LogP contribution >= 0.6 is 0 Å². The highest BCUT2D eigenvalue weighted by Gasteiger charge is 2.24. The molecule has 2 aromatic carbocycles. The van der Waals surface area contributed by atoms with E-state index in [9.17, 15) is 18.4 Å². The molecular weight excluding hydrogens is 352 g/mol. The molecule has 0 saturated heterocycles. The molecule has 1 saturated carbocycles. The minimum absolute atomic E-state index is 0.170. The standard InChI is InChI=1S/C20H21F2N3O2/c1-11-3-4-14(19(26)24-15-6-7-15)10-18(11)25-20(27)23-12(2)13-5-8-16(21)17(22)9-13/h3-5,8-10,12,15H,6-7H2,1-2H3,(H,24,26)(H2,23,25,27). The molecule has 3 rings (SSSR count). The van der Waals surface area contributed by atoms with Gasteiger partial charge in [-0.15, -0.1) is 0 Å². The van der Waals surface area contributed by atoms with Gasteiger partial charge in [0.25, 0.3) is 5.91 Å². The first-order valence-corrected chi connectivity index (χ1v) is 8.77. The predicted molar refractivity (Wildman–Crippen MR) is 98.6 cm³/mol. The summed E-state index contributed by atoms with van der Waals surface area (Å²) in [4.78, 5) is 24.4. The fraction of sp³-hybridized carbons (Fsp3) is 0.300. The summed E-state index contributed by atoms with van der Waals surface area (Å²) in [6.07, 6.45) is 1.99. The molecule has 2 aromatic rings. The third-order valence-electron chi connectivity index (χ3n) is 4.45. The van der Waals surface area contributed by atoms with Gasteiger partial charge in [-0.2, -0.15) is 0 Å².